The molecular weight excluding hydrogens is 328 g/mol. The van der Waals surface area contributed by atoms with Crippen LogP contribution in [0.2, 0.25) is 0 Å². The van der Waals surface area contributed by atoms with Crippen molar-refractivity contribution in [1.82, 2.24) is 15.1 Å². The largest absolute Gasteiger partial charge is 0.391 e. The molecule has 1 fully saturated rings. The third-order valence-electron chi connectivity index (χ3n) is 5.55. The van der Waals surface area contributed by atoms with Crippen LogP contribution in [0.5, 0.6) is 0 Å². The molecule has 1 aliphatic heterocycles. The first-order valence-electron chi connectivity index (χ1n) is 9.52. The Balaban J connectivity index is 1.55. The second-order valence-corrected chi connectivity index (χ2v) is 7.41. The number of aromatic amines is 1. The molecule has 0 unspecified atom stereocenters. The molecule has 4 rings (SSSR count). The lowest BCUT2D eigenvalue weighted by molar-refractivity contribution is 0.116. The van der Waals surface area contributed by atoms with Gasteiger partial charge in [-0.2, -0.15) is 5.10 Å². The first-order chi connectivity index (χ1) is 12.7. The van der Waals surface area contributed by atoms with Gasteiger partial charge in [-0.3, -0.25) is 9.69 Å². The van der Waals surface area contributed by atoms with E-state index in [1.807, 2.05) is 6.07 Å². The number of nitrogens with one attached hydrogen (secondary N) is 2. The van der Waals surface area contributed by atoms with Crippen molar-refractivity contribution in [2.75, 3.05) is 11.9 Å². The van der Waals surface area contributed by atoms with E-state index in [1.54, 1.807) is 0 Å². The van der Waals surface area contributed by atoms with Crippen molar-refractivity contribution in [1.29, 1.82) is 0 Å². The number of fused-ring (bicyclic) bond motifs is 1. The average Bonchev–Trinajstić information content (AvgIpc) is 2.66. The molecule has 2 aliphatic rings. The molecule has 2 aromatic rings. The Morgan fingerprint density at radius 2 is 2.00 bits per heavy atom. The molecule has 138 valence electrons. The summed E-state index contributed by atoms with van der Waals surface area (Å²) in [6.45, 7) is 2.42. The second kappa shape index (κ2) is 7.60. The van der Waals surface area contributed by atoms with Gasteiger partial charge in [-0.1, -0.05) is 43.2 Å². The normalized spacial score (nSPS) is 23.4. The number of hydrogen-bond acceptors (Lipinski definition) is 5. The summed E-state index contributed by atoms with van der Waals surface area (Å²) in [6.07, 6.45) is 4.31. The maximum absolute atomic E-state index is 12.2. The minimum absolute atomic E-state index is 0.00996. The van der Waals surface area contributed by atoms with Gasteiger partial charge >= 0.3 is 0 Å². The topological polar surface area (TPSA) is 81.2 Å². The monoisotopic (exact) mass is 354 g/mol. The number of rotatable bonds is 4. The third-order valence-corrected chi connectivity index (χ3v) is 5.55. The summed E-state index contributed by atoms with van der Waals surface area (Å²) in [7, 11) is 0. The van der Waals surface area contributed by atoms with E-state index < -0.39 is 0 Å². The maximum atomic E-state index is 12.2. The second-order valence-electron chi connectivity index (χ2n) is 7.41. The van der Waals surface area contributed by atoms with Crippen LogP contribution in [0.4, 0.5) is 5.82 Å². The molecule has 26 heavy (non-hydrogen) atoms. The van der Waals surface area contributed by atoms with Gasteiger partial charge in [0.1, 0.15) is 0 Å². The molecule has 3 N–H and O–H groups in total. The molecule has 0 spiro atoms. The predicted molar refractivity (Wildman–Crippen MR) is 101 cm³/mol. The van der Waals surface area contributed by atoms with E-state index in [0.717, 1.165) is 62.1 Å². The Hall–Kier alpha value is -2.18. The van der Waals surface area contributed by atoms with Crippen LogP contribution in [0.1, 0.15) is 42.4 Å². The van der Waals surface area contributed by atoms with Crippen molar-refractivity contribution in [3.8, 4) is 0 Å². The van der Waals surface area contributed by atoms with E-state index in [9.17, 15) is 9.90 Å². The predicted octanol–water partition coefficient (Wildman–Crippen LogP) is 2.04. The van der Waals surface area contributed by atoms with E-state index in [1.165, 1.54) is 5.56 Å². The molecule has 2 atom stereocenters. The number of H-pyrrole nitrogens is 1. The number of benzene rings is 1. The highest BCUT2D eigenvalue weighted by Crippen LogP contribution is 2.26. The zero-order valence-corrected chi connectivity index (χ0v) is 14.9. The Morgan fingerprint density at radius 3 is 2.81 bits per heavy atom. The first kappa shape index (κ1) is 17.2. The minimum atomic E-state index is -0.350. The summed E-state index contributed by atoms with van der Waals surface area (Å²) in [5.41, 5.74) is 2.99. The Morgan fingerprint density at radius 1 is 1.19 bits per heavy atom. The van der Waals surface area contributed by atoms with Gasteiger partial charge in [0.15, 0.2) is 5.82 Å². The number of aliphatic hydroxyl groups excluding tert-OH is 1. The van der Waals surface area contributed by atoms with Crippen LogP contribution in [-0.2, 0) is 19.5 Å². The van der Waals surface area contributed by atoms with Crippen LogP contribution in [0.25, 0.3) is 0 Å². The van der Waals surface area contributed by atoms with Crippen molar-refractivity contribution >= 4 is 5.82 Å². The van der Waals surface area contributed by atoms with E-state index >= 15 is 0 Å². The van der Waals surface area contributed by atoms with Gasteiger partial charge in [0, 0.05) is 30.8 Å². The molecule has 6 heteroatoms. The van der Waals surface area contributed by atoms with Crippen LogP contribution in [0.15, 0.2) is 35.1 Å². The first-order valence-corrected chi connectivity index (χ1v) is 9.52. The van der Waals surface area contributed by atoms with Crippen molar-refractivity contribution in [3.63, 3.8) is 0 Å². The molecule has 0 bridgehead atoms. The Labute approximate surface area is 153 Å². The summed E-state index contributed by atoms with van der Waals surface area (Å²) in [6, 6.07) is 10.4. The fraction of sp³-hybridized carbons (Fsp3) is 0.500. The lowest BCUT2D eigenvalue weighted by atomic mass is 9.92. The highest BCUT2D eigenvalue weighted by molar-refractivity contribution is 5.49. The van der Waals surface area contributed by atoms with Crippen molar-refractivity contribution in [2.24, 2.45) is 0 Å². The van der Waals surface area contributed by atoms with Crippen molar-refractivity contribution in [2.45, 2.75) is 57.3 Å². The summed E-state index contributed by atoms with van der Waals surface area (Å²) < 4.78 is 0. The molecule has 1 aliphatic carbocycles. The summed E-state index contributed by atoms with van der Waals surface area (Å²) >= 11 is 0. The van der Waals surface area contributed by atoms with Crippen LogP contribution in [0.3, 0.4) is 0 Å². The lowest BCUT2D eigenvalue weighted by Crippen LogP contribution is -2.39. The molecule has 2 heterocycles. The Bertz CT molecular complexity index is 805. The highest BCUT2D eigenvalue weighted by atomic mass is 16.3. The number of aliphatic hydroxyl groups is 1. The molecule has 1 aromatic heterocycles. The quantitative estimate of drug-likeness (QED) is 0.783. The number of hydrogen-bond donors (Lipinski definition) is 3. The van der Waals surface area contributed by atoms with Crippen molar-refractivity contribution in [3.05, 3.63) is 57.4 Å². The van der Waals surface area contributed by atoms with Gasteiger partial charge in [-0.15, -0.1) is 0 Å². The fourth-order valence-electron chi connectivity index (χ4n) is 4.08. The SMILES string of the molecule is O=c1[nH]nc(N[C@@H]2CCCC[C@H]2O)c2c1CCN(Cc1ccccc1)C2. The van der Waals surface area contributed by atoms with Gasteiger partial charge in [0.25, 0.3) is 5.56 Å². The third kappa shape index (κ3) is 3.66. The molecule has 1 saturated carbocycles. The van der Waals surface area contributed by atoms with Crippen LogP contribution >= 0.6 is 0 Å². The average molecular weight is 354 g/mol. The zero-order valence-electron chi connectivity index (χ0n) is 14.9. The van der Waals surface area contributed by atoms with Crippen molar-refractivity contribution < 1.29 is 5.11 Å². The van der Waals surface area contributed by atoms with E-state index in [-0.39, 0.29) is 17.7 Å². The maximum Gasteiger partial charge on any atom is 0.267 e. The molecule has 1 aromatic carbocycles. The summed E-state index contributed by atoms with van der Waals surface area (Å²) in [4.78, 5) is 14.6. The van der Waals surface area contributed by atoms with E-state index in [2.05, 4.69) is 44.7 Å². The van der Waals surface area contributed by atoms with Crippen LogP contribution < -0.4 is 10.9 Å². The number of aromatic nitrogens is 2. The summed E-state index contributed by atoms with van der Waals surface area (Å²) in [5, 5.41) is 20.6. The fourth-order valence-corrected chi connectivity index (χ4v) is 4.08. The van der Waals surface area contributed by atoms with Crippen LogP contribution in [-0.4, -0.2) is 38.9 Å². The minimum Gasteiger partial charge on any atom is -0.391 e. The zero-order chi connectivity index (χ0) is 17.9. The molecule has 0 amide bonds. The smallest absolute Gasteiger partial charge is 0.267 e. The molecule has 0 saturated heterocycles. The van der Waals surface area contributed by atoms with Gasteiger partial charge < -0.3 is 10.4 Å². The highest BCUT2D eigenvalue weighted by Gasteiger charge is 2.27. The molecule has 0 radical (unpaired) electrons. The van der Waals surface area contributed by atoms with E-state index in [4.69, 9.17) is 0 Å². The summed E-state index contributed by atoms with van der Waals surface area (Å²) in [5.74, 6) is 0.725. The Kier molecular flexibility index (Phi) is 5.04. The lowest BCUT2D eigenvalue weighted by Gasteiger charge is -2.32. The van der Waals surface area contributed by atoms with Gasteiger partial charge in [-0.25, -0.2) is 5.10 Å². The van der Waals surface area contributed by atoms with Gasteiger partial charge in [-0.05, 0) is 24.8 Å². The molecular formula is C20H26N4O2. The van der Waals surface area contributed by atoms with E-state index in [0.29, 0.717) is 6.54 Å². The number of nitrogens with zero attached hydrogens (tertiary/aromatic N) is 2. The van der Waals surface area contributed by atoms with Crippen LogP contribution in [0, 0.1) is 0 Å². The van der Waals surface area contributed by atoms with Gasteiger partial charge in [0.05, 0.1) is 12.1 Å². The number of anilines is 1. The standard InChI is InChI=1S/C20H26N4O2/c25-18-9-5-4-8-17(18)21-19-16-13-24(12-14-6-2-1-3-7-14)11-10-15(16)20(26)23-22-19/h1-3,6-7,17-18,25H,4-5,8-13H2,(H,21,22)(H,23,26)/t17-,18-/m1/s1. The van der Waals surface area contributed by atoms with Gasteiger partial charge in [0.2, 0.25) is 0 Å². The molecule has 6 nitrogen and oxygen atoms in total.